The van der Waals surface area contributed by atoms with Crippen LogP contribution in [0.3, 0.4) is 0 Å². The number of phenolic OH excluding ortho intramolecular Hbond substituents is 1. The van der Waals surface area contributed by atoms with Gasteiger partial charge >= 0.3 is 0 Å². The first-order valence-electron chi connectivity index (χ1n) is 6.66. The van der Waals surface area contributed by atoms with E-state index in [1.54, 1.807) is 5.56 Å². The number of aromatic hydroxyl groups is 1. The summed E-state index contributed by atoms with van der Waals surface area (Å²) in [6.07, 6.45) is 5.25. The molecule has 2 bridgehead atoms. The second kappa shape index (κ2) is 3.03. The highest BCUT2D eigenvalue weighted by Crippen LogP contribution is 2.71. The summed E-state index contributed by atoms with van der Waals surface area (Å²) >= 11 is 2.16. The molecule has 1 N–H and O–H groups in total. The van der Waals surface area contributed by atoms with Crippen LogP contribution >= 0.6 is 11.8 Å². The molecule has 2 unspecified atom stereocenters. The van der Waals surface area contributed by atoms with Gasteiger partial charge in [0.1, 0.15) is 5.75 Å². The Hall–Kier alpha value is -0.630. The third-order valence-corrected chi connectivity index (χ3v) is 6.93. The van der Waals surface area contributed by atoms with E-state index in [0.29, 0.717) is 16.6 Å². The van der Waals surface area contributed by atoms with Crippen molar-refractivity contribution in [1.29, 1.82) is 0 Å². The average Bonchev–Trinajstić information content (AvgIpc) is 2.69. The Morgan fingerprint density at radius 1 is 1.41 bits per heavy atom. The van der Waals surface area contributed by atoms with Crippen LogP contribution < -0.4 is 0 Å². The van der Waals surface area contributed by atoms with Crippen molar-refractivity contribution >= 4 is 11.8 Å². The summed E-state index contributed by atoms with van der Waals surface area (Å²) in [5, 5.41) is 10.6. The maximum atomic E-state index is 9.77. The van der Waals surface area contributed by atoms with E-state index >= 15 is 0 Å². The van der Waals surface area contributed by atoms with Crippen molar-refractivity contribution in [3.05, 3.63) is 29.3 Å². The molecule has 17 heavy (non-hydrogen) atoms. The molecule has 4 rings (SSSR count). The van der Waals surface area contributed by atoms with E-state index in [9.17, 15) is 5.11 Å². The lowest BCUT2D eigenvalue weighted by atomic mass is 9.74. The first-order valence-corrected chi connectivity index (χ1v) is 7.71. The number of hydrogen-bond acceptors (Lipinski definition) is 2. The van der Waals surface area contributed by atoms with Crippen molar-refractivity contribution in [3.8, 4) is 5.75 Å². The van der Waals surface area contributed by atoms with Crippen LogP contribution in [0.5, 0.6) is 5.75 Å². The second-order valence-electron chi connectivity index (χ2n) is 6.10. The minimum absolute atomic E-state index is 0.400. The van der Waals surface area contributed by atoms with E-state index in [4.69, 9.17) is 0 Å². The number of thioether (sulfide) groups is 1. The molecule has 0 amide bonds. The van der Waals surface area contributed by atoms with E-state index < -0.39 is 0 Å². The van der Waals surface area contributed by atoms with Crippen LogP contribution in [0.1, 0.15) is 43.7 Å². The molecule has 3 aliphatic rings. The Morgan fingerprint density at radius 2 is 2.29 bits per heavy atom. The highest BCUT2D eigenvalue weighted by Gasteiger charge is 2.66. The van der Waals surface area contributed by atoms with Crippen LogP contribution in [0.2, 0.25) is 0 Å². The molecule has 1 aromatic rings. The molecule has 1 heterocycles. The molecule has 1 aromatic carbocycles. The minimum atomic E-state index is 0.400. The Balaban J connectivity index is 1.93. The van der Waals surface area contributed by atoms with Gasteiger partial charge in [0.05, 0.1) is 0 Å². The van der Waals surface area contributed by atoms with E-state index in [0.717, 1.165) is 5.25 Å². The molecule has 2 aliphatic carbocycles. The molecule has 2 fully saturated rings. The summed E-state index contributed by atoms with van der Waals surface area (Å²) in [7, 11) is 0. The number of hydrogen-bond donors (Lipinski definition) is 1. The van der Waals surface area contributed by atoms with Gasteiger partial charge in [-0.15, -0.1) is 0 Å². The average molecular weight is 246 g/mol. The highest BCUT2D eigenvalue weighted by atomic mass is 32.2. The third-order valence-electron chi connectivity index (χ3n) is 5.23. The molecule has 1 nitrogen and oxygen atoms in total. The number of rotatable bonds is 2. The van der Waals surface area contributed by atoms with Crippen LogP contribution in [0.15, 0.2) is 18.2 Å². The first kappa shape index (κ1) is 10.3. The van der Waals surface area contributed by atoms with E-state index in [2.05, 4.69) is 30.8 Å². The van der Waals surface area contributed by atoms with E-state index in [1.807, 2.05) is 6.07 Å². The zero-order valence-electron chi connectivity index (χ0n) is 10.2. The molecule has 2 heteroatoms. The van der Waals surface area contributed by atoms with Gasteiger partial charge in [-0.05, 0) is 47.9 Å². The fraction of sp³-hybridized carbons (Fsp3) is 0.600. The molecule has 0 radical (unpaired) electrons. The van der Waals surface area contributed by atoms with Gasteiger partial charge in [0.25, 0.3) is 0 Å². The molecule has 3 atom stereocenters. The molecule has 1 aliphatic heterocycles. The first-order chi connectivity index (χ1) is 8.20. The predicted octanol–water partition coefficient (Wildman–Crippen LogP) is 3.59. The van der Waals surface area contributed by atoms with Gasteiger partial charge in [0, 0.05) is 16.4 Å². The van der Waals surface area contributed by atoms with Crippen LogP contribution in [-0.2, 0) is 10.8 Å². The molecule has 1 saturated carbocycles. The van der Waals surface area contributed by atoms with Crippen molar-refractivity contribution in [2.45, 2.75) is 48.7 Å². The number of phenols is 1. The summed E-state index contributed by atoms with van der Waals surface area (Å²) in [5.74, 6) is 1.76. The third kappa shape index (κ3) is 1.04. The molecule has 1 saturated heterocycles. The van der Waals surface area contributed by atoms with Crippen molar-refractivity contribution in [2.75, 3.05) is 5.75 Å². The standard InChI is InChI=1S/C15H18OS/c1-2-5-14-7-13-15(8-14,9-17-13)11-4-3-10(16)6-12(11)14/h3-4,6,13,16H,2,5,7-9H2,1H3/t13?,14-,15?/m0/s1. The fourth-order valence-corrected chi connectivity index (χ4v) is 6.32. The minimum Gasteiger partial charge on any atom is -0.508 e. The Kier molecular flexibility index (Phi) is 1.84. The van der Waals surface area contributed by atoms with Gasteiger partial charge in [-0.2, -0.15) is 11.8 Å². The summed E-state index contributed by atoms with van der Waals surface area (Å²) in [6.45, 7) is 2.29. The van der Waals surface area contributed by atoms with Gasteiger partial charge in [-0.25, -0.2) is 0 Å². The highest BCUT2D eigenvalue weighted by molar-refractivity contribution is 8.01. The molecular formula is C15H18OS. The van der Waals surface area contributed by atoms with Crippen LogP contribution in [0.25, 0.3) is 0 Å². The Morgan fingerprint density at radius 3 is 3.00 bits per heavy atom. The smallest absolute Gasteiger partial charge is 0.115 e. The van der Waals surface area contributed by atoms with Gasteiger partial charge in [-0.1, -0.05) is 19.4 Å². The predicted molar refractivity (Wildman–Crippen MR) is 71.9 cm³/mol. The summed E-state index contributed by atoms with van der Waals surface area (Å²) < 4.78 is 0. The van der Waals surface area contributed by atoms with Crippen molar-refractivity contribution in [3.63, 3.8) is 0 Å². The Bertz CT molecular complexity index is 498. The van der Waals surface area contributed by atoms with Gasteiger partial charge in [0.2, 0.25) is 0 Å². The van der Waals surface area contributed by atoms with Gasteiger partial charge < -0.3 is 5.11 Å². The summed E-state index contributed by atoms with van der Waals surface area (Å²) in [5.41, 5.74) is 3.94. The lowest BCUT2D eigenvalue weighted by Gasteiger charge is -2.46. The second-order valence-corrected chi connectivity index (χ2v) is 7.29. The van der Waals surface area contributed by atoms with E-state index in [1.165, 1.54) is 37.0 Å². The molecule has 0 aromatic heterocycles. The van der Waals surface area contributed by atoms with Crippen LogP contribution in [0.4, 0.5) is 0 Å². The topological polar surface area (TPSA) is 20.2 Å². The Labute approximate surface area is 107 Å². The van der Waals surface area contributed by atoms with Crippen LogP contribution in [-0.4, -0.2) is 16.1 Å². The van der Waals surface area contributed by atoms with Crippen molar-refractivity contribution < 1.29 is 5.11 Å². The lowest BCUT2D eigenvalue weighted by Crippen LogP contribution is -2.45. The zero-order valence-corrected chi connectivity index (χ0v) is 11.0. The van der Waals surface area contributed by atoms with Crippen molar-refractivity contribution in [2.24, 2.45) is 0 Å². The molecule has 1 spiro atoms. The van der Waals surface area contributed by atoms with E-state index in [-0.39, 0.29) is 0 Å². The zero-order chi connectivity index (χ0) is 11.7. The van der Waals surface area contributed by atoms with Crippen LogP contribution in [0, 0.1) is 0 Å². The number of fused-ring (bicyclic) bond motifs is 3. The quantitative estimate of drug-likeness (QED) is 0.860. The monoisotopic (exact) mass is 246 g/mol. The summed E-state index contributed by atoms with van der Waals surface area (Å²) in [6, 6.07) is 6.14. The maximum Gasteiger partial charge on any atom is 0.115 e. The maximum absolute atomic E-state index is 9.77. The normalized spacial score (nSPS) is 40.9. The summed E-state index contributed by atoms with van der Waals surface area (Å²) in [4.78, 5) is 0. The molecular weight excluding hydrogens is 228 g/mol. The number of benzene rings is 1. The fourth-order valence-electron chi connectivity index (χ4n) is 4.61. The lowest BCUT2D eigenvalue weighted by molar-refractivity contribution is 0.404. The van der Waals surface area contributed by atoms with Gasteiger partial charge in [0.15, 0.2) is 0 Å². The SMILES string of the molecule is CCC[C@]12CC3SCC3(C1)c1ccc(O)cc12. The molecule has 90 valence electrons. The largest absolute Gasteiger partial charge is 0.508 e. The van der Waals surface area contributed by atoms with Gasteiger partial charge in [-0.3, -0.25) is 0 Å². The van der Waals surface area contributed by atoms with Crippen molar-refractivity contribution in [1.82, 2.24) is 0 Å².